The first-order valence-corrected chi connectivity index (χ1v) is 7.95. The van der Waals surface area contributed by atoms with Crippen molar-refractivity contribution in [1.29, 1.82) is 0 Å². The van der Waals surface area contributed by atoms with Crippen molar-refractivity contribution in [2.24, 2.45) is 0 Å². The highest BCUT2D eigenvalue weighted by Crippen LogP contribution is 2.15. The van der Waals surface area contributed by atoms with Gasteiger partial charge in [0.05, 0.1) is 0 Å². The molecule has 23 heavy (non-hydrogen) atoms. The summed E-state index contributed by atoms with van der Waals surface area (Å²) in [5.41, 5.74) is 1.22. The van der Waals surface area contributed by atoms with Crippen LogP contribution in [0.4, 0.5) is 0 Å². The first-order valence-electron chi connectivity index (χ1n) is 7.95. The van der Waals surface area contributed by atoms with Gasteiger partial charge in [0.25, 0.3) is 5.56 Å². The van der Waals surface area contributed by atoms with Crippen LogP contribution in [0.25, 0.3) is 16.9 Å². The predicted octanol–water partition coefficient (Wildman–Crippen LogP) is 2.17. The van der Waals surface area contributed by atoms with Gasteiger partial charge in [-0.3, -0.25) is 18.5 Å². The molecule has 3 rings (SSSR count). The molecule has 0 aliphatic carbocycles. The summed E-state index contributed by atoms with van der Waals surface area (Å²) in [6.07, 6.45) is 3.15. The van der Waals surface area contributed by atoms with Gasteiger partial charge < -0.3 is 0 Å². The molecule has 0 aliphatic rings. The summed E-state index contributed by atoms with van der Waals surface area (Å²) >= 11 is 0. The van der Waals surface area contributed by atoms with Crippen molar-refractivity contribution in [3.63, 3.8) is 0 Å². The molecule has 0 unspecified atom stereocenters. The van der Waals surface area contributed by atoms with E-state index in [1.807, 2.05) is 48.7 Å². The second-order valence-corrected chi connectivity index (χ2v) is 5.51. The number of benzene rings is 1. The van der Waals surface area contributed by atoms with Crippen LogP contribution in [0.5, 0.6) is 0 Å². The second-order valence-electron chi connectivity index (χ2n) is 5.51. The van der Waals surface area contributed by atoms with Crippen LogP contribution in [0, 0.1) is 0 Å². The molecule has 0 radical (unpaired) electrons. The van der Waals surface area contributed by atoms with Crippen LogP contribution in [0.2, 0.25) is 0 Å². The van der Waals surface area contributed by atoms with Crippen LogP contribution in [-0.4, -0.2) is 18.7 Å². The van der Waals surface area contributed by atoms with E-state index in [1.54, 1.807) is 10.9 Å². The molecule has 0 fully saturated rings. The van der Waals surface area contributed by atoms with Gasteiger partial charge in [-0.1, -0.05) is 32.0 Å². The average molecular weight is 312 g/mol. The van der Waals surface area contributed by atoms with Gasteiger partial charge in [0, 0.05) is 18.8 Å². The number of imidazole rings is 1. The van der Waals surface area contributed by atoms with Crippen LogP contribution in [-0.2, 0) is 13.1 Å². The number of aryl methyl sites for hydroxylation is 1. The molecule has 0 N–H and O–H groups in total. The van der Waals surface area contributed by atoms with Crippen LogP contribution in [0.1, 0.15) is 26.7 Å². The zero-order valence-electron chi connectivity index (χ0n) is 13.4. The van der Waals surface area contributed by atoms with Crippen molar-refractivity contribution in [3.8, 4) is 5.69 Å². The summed E-state index contributed by atoms with van der Waals surface area (Å²) in [6.45, 7) is 4.92. The number of hydrogen-bond acceptors (Lipinski definition) is 3. The monoisotopic (exact) mass is 312 g/mol. The van der Waals surface area contributed by atoms with Crippen molar-refractivity contribution in [3.05, 3.63) is 57.5 Å². The maximum Gasteiger partial charge on any atom is 0.332 e. The van der Waals surface area contributed by atoms with Crippen molar-refractivity contribution < 1.29 is 0 Å². The zero-order chi connectivity index (χ0) is 16.4. The number of rotatable bonds is 5. The number of nitrogens with zero attached hydrogens (tertiary/aromatic N) is 4. The van der Waals surface area contributed by atoms with Gasteiger partial charge >= 0.3 is 5.69 Å². The molecule has 1 aromatic carbocycles. The molecule has 6 heteroatoms. The Hall–Kier alpha value is -2.63. The quantitative estimate of drug-likeness (QED) is 0.725. The van der Waals surface area contributed by atoms with Gasteiger partial charge in [-0.15, -0.1) is 0 Å². The topological polar surface area (TPSA) is 61.8 Å². The summed E-state index contributed by atoms with van der Waals surface area (Å²) in [7, 11) is 0. The molecule has 0 saturated carbocycles. The molecule has 0 saturated heterocycles. The smallest absolute Gasteiger partial charge is 0.284 e. The Morgan fingerprint density at radius 3 is 2.26 bits per heavy atom. The molecule has 0 spiro atoms. The molecular formula is C17H20N4O2. The standard InChI is InChI=1S/C17H20N4O2/c1-3-10-19-15-14(16(22)20(11-4-2)17(19)23)18-12-21(15)13-8-6-5-7-9-13/h5-9,12H,3-4,10-11H2,1-2H3. The van der Waals surface area contributed by atoms with E-state index in [0.29, 0.717) is 24.3 Å². The third-order valence-corrected chi connectivity index (χ3v) is 3.84. The van der Waals surface area contributed by atoms with Crippen molar-refractivity contribution in [1.82, 2.24) is 18.7 Å². The Kier molecular flexibility index (Phi) is 4.14. The first-order chi connectivity index (χ1) is 11.2. The summed E-state index contributed by atoms with van der Waals surface area (Å²) < 4.78 is 4.76. The molecule has 0 bridgehead atoms. The number of fused-ring (bicyclic) bond motifs is 1. The highest BCUT2D eigenvalue weighted by molar-refractivity contribution is 5.72. The molecule has 6 nitrogen and oxygen atoms in total. The van der Waals surface area contributed by atoms with Gasteiger partial charge in [0.15, 0.2) is 11.2 Å². The Labute approximate surface area is 133 Å². The van der Waals surface area contributed by atoms with Gasteiger partial charge in [0.1, 0.15) is 6.33 Å². The molecule has 0 aliphatic heterocycles. The highest BCUT2D eigenvalue weighted by atomic mass is 16.2. The van der Waals surface area contributed by atoms with Crippen molar-refractivity contribution >= 4 is 11.2 Å². The largest absolute Gasteiger partial charge is 0.332 e. The molecule has 0 atom stereocenters. The lowest BCUT2D eigenvalue weighted by molar-refractivity contribution is 0.553. The molecule has 120 valence electrons. The molecule has 0 amide bonds. The van der Waals surface area contributed by atoms with E-state index >= 15 is 0 Å². The SMILES string of the molecule is CCCn1c(=O)c2ncn(-c3ccccc3)c2n(CCC)c1=O. The predicted molar refractivity (Wildman–Crippen MR) is 90.2 cm³/mol. The lowest BCUT2D eigenvalue weighted by atomic mass is 10.3. The van der Waals surface area contributed by atoms with Crippen LogP contribution in [0.3, 0.4) is 0 Å². The minimum atomic E-state index is -0.311. The van der Waals surface area contributed by atoms with Gasteiger partial charge in [-0.2, -0.15) is 0 Å². The van der Waals surface area contributed by atoms with E-state index in [2.05, 4.69) is 4.98 Å². The normalized spacial score (nSPS) is 11.2. The first kappa shape index (κ1) is 15.3. The van der Waals surface area contributed by atoms with Gasteiger partial charge in [0.2, 0.25) is 0 Å². The third kappa shape index (κ3) is 2.50. The van der Waals surface area contributed by atoms with E-state index in [4.69, 9.17) is 0 Å². The Balaban J connectivity index is 2.39. The fourth-order valence-corrected chi connectivity index (χ4v) is 2.83. The maximum absolute atomic E-state index is 12.7. The van der Waals surface area contributed by atoms with Crippen LogP contribution in [0.15, 0.2) is 46.2 Å². The molecule has 2 aromatic heterocycles. The summed E-state index contributed by atoms with van der Waals surface area (Å²) in [4.78, 5) is 29.7. The number of para-hydroxylation sites is 1. The summed E-state index contributed by atoms with van der Waals surface area (Å²) in [6, 6.07) is 9.62. The fourth-order valence-electron chi connectivity index (χ4n) is 2.83. The maximum atomic E-state index is 12.7. The Bertz CT molecular complexity index is 935. The van der Waals surface area contributed by atoms with Crippen molar-refractivity contribution in [2.45, 2.75) is 39.8 Å². The third-order valence-electron chi connectivity index (χ3n) is 3.84. The number of aromatic nitrogens is 4. The molecular weight excluding hydrogens is 292 g/mol. The van der Waals surface area contributed by atoms with Crippen molar-refractivity contribution in [2.75, 3.05) is 0 Å². The lowest BCUT2D eigenvalue weighted by Crippen LogP contribution is -2.40. The average Bonchev–Trinajstić information content (AvgIpc) is 3.01. The van der Waals surface area contributed by atoms with Crippen LogP contribution < -0.4 is 11.2 Å². The highest BCUT2D eigenvalue weighted by Gasteiger charge is 2.17. The minimum absolute atomic E-state index is 0.260. The van der Waals surface area contributed by atoms with E-state index in [0.717, 1.165) is 18.5 Å². The molecule has 3 aromatic rings. The second kappa shape index (κ2) is 6.24. The Morgan fingerprint density at radius 1 is 0.957 bits per heavy atom. The number of hydrogen-bond donors (Lipinski definition) is 0. The van der Waals surface area contributed by atoms with Gasteiger partial charge in [-0.25, -0.2) is 9.78 Å². The minimum Gasteiger partial charge on any atom is -0.284 e. The summed E-state index contributed by atoms with van der Waals surface area (Å²) in [5.74, 6) is 0. The Morgan fingerprint density at radius 2 is 1.61 bits per heavy atom. The summed E-state index contributed by atoms with van der Waals surface area (Å²) in [5, 5.41) is 0. The molecule has 2 heterocycles. The zero-order valence-corrected chi connectivity index (χ0v) is 13.4. The van der Waals surface area contributed by atoms with E-state index < -0.39 is 0 Å². The van der Waals surface area contributed by atoms with E-state index in [1.165, 1.54) is 4.57 Å². The van der Waals surface area contributed by atoms with E-state index in [-0.39, 0.29) is 11.2 Å². The van der Waals surface area contributed by atoms with Gasteiger partial charge in [-0.05, 0) is 25.0 Å². The fraction of sp³-hybridized carbons (Fsp3) is 0.353. The van der Waals surface area contributed by atoms with Crippen LogP contribution >= 0.6 is 0 Å². The lowest BCUT2D eigenvalue weighted by Gasteiger charge is -2.13. The van der Waals surface area contributed by atoms with E-state index in [9.17, 15) is 9.59 Å².